The van der Waals surface area contributed by atoms with E-state index in [4.69, 9.17) is 16.3 Å². The Balaban J connectivity index is 2.84. The lowest BCUT2D eigenvalue weighted by molar-refractivity contribution is 0.333. The third-order valence-electron chi connectivity index (χ3n) is 1.36. The van der Waals surface area contributed by atoms with Crippen LogP contribution in [0.25, 0.3) is 0 Å². The van der Waals surface area contributed by atoms with Gasteiger partial charge in [-0.3, -0.25) is 4.21 Å². The molecule has 0 aliphatic carbocycles. The summed E-state index contributed by atoms with van der Waals surface area (Å²) in [6.07, 6.45) is 0. The first-order valence-corrected chi connectivity index (χ1v) is 5.23. The summed E-state index contributed by atoms with van der Waals surface area (Å²) < 4.78 is 26.5. The SMILES string of the molecule is O=S([O-])c1ccccc1OCCCl. The summed E-state index contributed by atoms with van der Waals surface area (Å²) in [5.41, 5.74) is 0. The fourth-order valence-corrected chi connectivity index (χ4v) is 1.41. The molecule has 1 aromatic rings. The second kappa shape index (κ2) is 5.21. The van der Waals surface area contributed by atoms with Crippen LogP contribution in [0.5, 0.6) is 5.75 Å². The van der Waals surface area contributed by atoms with Crippen molar-refractivity contribution in [3.63, 3.8) is 0 Å². The zero-order valence-electron chi connectivity index (χ0n) is 6.73. The van der Waals surface area contributed by atoms with Crippen LogP contribution in [0.4, 0.5) is 0 Å². The van der Waals surface area contributed by atoms with Crippen LogP contribution in [0.1, 0.15) is 0 Å². The van der Waals surface area contributed by atoms with Crippen LogP contribution in [0.2, 0.25) is 0 Å². The average Bonchev–Trinajstić information content (AvgIpc) is 2.15. The maximum Gasteiger partial charge on any atom is 0.134 e. The molecule has 1 atom stereocenters. The van der Waals surface area contributed by atoms with Crippen molar-refractivity contribution in [1.82, 2.24) is 0 Å². The predicted octanol–water partition coefficient (Wildman–Crippen LogP) is 1.54. The summed E-state index contributed by atoms with van der Waals surface area (Å²) in [5, 5.41) is 0. The molecule has 0 amide bonds. The maximum atomic E-state index is 10.7. The van der Waals surface area contributed by atoms with Crippen molar-refractivity contribution >= 4 is 22.7 Å². The third-order valence-corrected chi connectivity index (χ3v) is 2.21. The van der Waals surface area contributed by atoms with Crippen molar-refractivity contribution in [2.24, 2.45) is 0 Å². The Morgan fingerprint density at radius 2 is 2.15 bits per heavy atom. The van der Waals surface area contributed by atoms with Gasteiger partial charge in [0.2, 0.25) is 0 Å². The van der Waals surface area contributed by atoms with E-state index in [1.165, 1.54) is 6.07 Å². The number of para-hydroxylation sites is 1. The standard InChI is InChI=1S/C8H9ClO3S/c9-5-6-12-7-3-1-2-4-8(7)13(10)11/h1-4H,5-6H2,(H,10,11)/p-1. The number of hydrogen-bond donors (Lipinski definition) is 0. The molecule has 0 heterocycles. The number of alkyl halides is 1. The summed E-state index contributed by atoms with van der Waals surface area (Å²) in [6.45, 7) is 0.301. The molecule has 0 bridgehead atoms. The number of hydrogen-bond acceptors (Lipinski definition) is 3. The highest BCUT2D eigenvalue weighted by Crippen LogP contribution is 2.20. The Morgan fingerprint density at radius 3 is 2.77 bits per heavy atom. The predicted molar refractivity (Wildman–Crippen MR) is 49.8 cm³/mol. The van der Waals surface area contributed by atoms with E-state index in [-0.39, 0.29) is 4.90 Å². The van der Waals surface area contributed by atoms with Crippen LogP contribution >= 0.6 is 11.6 Å². The molecule has 1 rings (SSSR count). The maximum absolute atomic E-state index is 10.7. The van der Waals surface area contributed by atoms with E-state index in [1.807, 2.05) is 0 Å². The van der Waals surface area contributed by atoms with Crippen molar-refractivity contribution in [3.05, 3.63) is 24.3 Å². The number of ether oxygens (including phenoxy) is 1. The molecule has 0 saturated heterocycles. The lowest BCUT2D eigenvalue weighted by Gasteiger charge is -2.11. The largest absolute Gasteiger partial charge is 0.768 e. The first kappa shape index (κ1) is 10.5. The van der Waals surface area contributed by atoms with Crippen LogP contribution in [-0.2, 0) is 11.1 Å². The minimum absolute atomic E-state index is 0.160. The number of halogens is 1. The highest BCUT2D eigenvalue weighted by atomic mass is 35.5. The Kier molecular flexibility index (Phi) is 4.21. The van der Waals surface area contributed by atoms with E-state index in [1.54, 1.807) is 18.2 Å². The van der Waals surface area contributed by atoms with Gasteiger partial charge in [-0.05, 0) is 23.2 Å². The minimum atomic E-state index is -2.26. The zero-order valence-corrected chi connectivity index (χ0v) is 8.31. The highest BCUT2D eigenvalue weighted by molar-refractivity contribution is 7.79. The summed E-state index contributed by atoms with van der Waals surface area (Å²) >= 11 is 3.14. The van der Waals surface area contributed by atoms with Crippen LogP contribution in [0.3, 0.4) is 0 Å². The second-order valence-corrected chi connectivity index (χ2v) is 3.51. The molecule has 0 fully saturated rings. The molecular weight excluding hydrogens is 212 g/mol. The topological polar surface area (TPSA) is 49.4 Å². The molecule has 0 saturated carbocycles. The monoisotopic (exact) mass is 219 g/mol. The van der Waals surface area contributed by atoms with Gasteiger partial charge in [0, 0.05) is 0 Å². The lowest BCUT2D eigenvalue weighted by Crippen LogP contribution is -2.01. The molecule has 13 heavy (non-hydrogen) atoms. The number of rotatable bonds is 4. The molecule has 0 N–H and O–H groups in total. The van der Waals surface area contributed by atoms with E-state index >= 15 is 0 Å². The van der Waals surface area contributed by atoms with Gasteiger partial charge < -0.3 is 9.29 Å². The molecule has 1 unspecified atom stereocenters. The van der Waals surface area contributed by atoms with Gasteiger partial charge in [0.05, 0.1) is 10.8 Å². The van der Waals surface area contributed by atoms with Crippen molar-refractivity contribution in [1.29, 1.82) is 0 Å². The first-order chi connectivity index (χ1) is 6.25. The van der Waals surface area contributed by atoms with Gasteiger partial charge in [-0.2, -0.15) is 0 Å². The number of benzene rings is 1. The Labute approximate surface area is 84.0 Å². The van der Waals surface area contributed by atoms with E-state index in [9.17, 15) is 8.76 Å². The zero-order chi connectivity index (χ0) is 9.68. The summed E-state index contributed by atoms with van der Waals surface area (Å²) in [4.78, 5) is 0.160. The van der Waals surface area contributed by atoms with Crippen molar-refractivity contribution < 1.29 is 13.5 Å². The van der Waals surface area contributed by atoms with Gasteiger partial charge in [-0.1, -0.05) is 12.1 Å². The van der Waals surface area contributed by atoms with Crippen molar-refractivity contribution in [2.75, 3.05) is 12.5 Å². The van der Waals surface area contributed by atoms with Gasteiger partial charge in [0.15, 0.2) is 0 Å². The van der Waals surface area contributed by atoms with E-state index in [0.29, 0.717) is 18.2 Å². The van der Waals surface area contributed by atoms with Crippen LogP contribution in [0.15, 0.2) is 29.2 Å². The van der Waals surface area contributed by atoms with E-state index in [2.05, 4.69) is 0 Å². The summed E-state index contributed by atoms with van der Waals surface area (Å²) in [5.74, 6) is 0.677. The molecule has 0 spiro atoms. The molecule has 72 valence electrons. The average molecular weight is 220 g/mol. The Bertz CT molecular complexity index is 303. The highest BCUT2D eigenvalue weighted by Gasteiger charge is 2.01. The molecule has 0 aliphatic heterocycles. The van der Waals surface area contributed by atoms with Gasteiger partial charge in [0.25, 0.3) is 0 Å². The Morgan fingerprint density at radius 1 is 1.46 bits per heavy atom. The molecule has 0 aromatic heterocycles. The smallest absolute Gasteiger partial charge is 0.134 e. The van der Waals surface area contributed by atoms with Crippen LogP contribution in [0, 0.1) is 0 Å². The normalized spacial score (nSPS) is 12.5. The quantitative estimate of drug-likeness (QED) is 0.570. The summed E-state index contributed by atoms with van der Waals surface area (Å²) in [6, 6.07) is 6.42. The van der Waals surface area contributed by atoms with Crippen LogP contribution in [-0.4, -0.2) is 21.2 Å². The second-order valence-electron chi connectivity index (χ2n) is 2.22. The van der Waals surface area contributed by atoms with Gasteiger partial charge in [-0.15, -0.1) is 11.6 Å². The Hall–Kier alpha value is -0.580. The van der Waals surface area contributed by atoms with Gasteiger partial charge in [0.1, 0.15) is 12.4 Å². The fraction of sp³-hybridized carbons (Fsp3) is 0.250. The molecule has 3 nitrogen and oxygen atoms in total. The minimum Gasteiger partial charge on any atom is -0.768 e. The van der Waals surface area contributed by atoms with E-state index in [0.717, 1.165) is 0 Å². The van der Waals surface area contributed by atoms with Crippen molar-refractivity contribution in [2.45, 2.75) is 4.90 Å². The molecule has 1 aromatic carbocycles. The molecule has 0 aliphatic rings. The lowest BCUT2D eigenvalue weighted by atomic mass is 10.3. The van der Waals surface area contributed by atoms with E-state index < -0.39 is 11.1 Å². The van der Waals surface area contributed by atoms with Crippen molar-refractivity contribution in [3.8, 4) is 5.75 Å². The third kappa shape index (κ3) is 2.99. The van der Waals surface area contributed by atoms with Gasteiger partial charge in [-0.25, -0.2) is 0 Å². The molecule has 5 heteroatoms. The van der Waals surface area contributed by atoms with Gasteiger partial charge >= 0.3 is 0 Å². The fourth-order valence-electron chi connectivity index (χ4n) is 0.856. The summed E-state index contributed by atoms with van der Waals surface area (Å²) in [7, 11) is 0. The van der Waals surface area contributed by atoms with Crippen LogP contribution < -0.4 is 4.74 Å². The first-order valence-electron chi connectivity index (χ1n) is 3.62. The molecule has 0 radical (unpaired) electrons. The molecular formula is C8H8ClO3S-.